The Labute approximate surface area is 238 Å². The van der Waals surface area contributed by atoms with E-state index in [0.717, 1.165) is 42.6 Å². The van der Waals surface area contributed by atoms with Gasteiger partial charge in [0.15, 0.2) is 0 Å². The predicted octanol–water partition coefficient (Wildman–Crippen LogP) is 6.76. The highest BCUT2D eigenvalue weighted by molar-refractivity contribution is 5.90. The number of pyridine rings is 1. The molecule has 0 saturated heterocycles. The predicted molar refractivity (Wildman–Crippen MR) is 170 cm³/mol. The Bertz CT molecular complexity index is 1880. The van der Waals surface area contributed by atoms with Gasteiger partial charge in [-0.3, -0.25) is 4.98 Å². The Morgan fingerprint density at radius 2 is 1.40 bits per heavy atom. The first-order valence-electron chi connectivity index (χ1n) is 14.6. The molecule has 0 radical (unpaired) electrons. The molecule has 3 aromatic carbocycles. The summed E-state index contributed by atoms with van der Waals surface area (Å²) in [4.78, 5) is 4.82. The maximum absolute atomic E-state index is 4.82. The van der Waals surface area contributed by atoms with E-state index in [0.29, 0.717) is 0 Å². The van der Waals surface area contributed by atoms with Gasteiger partial charge in [0.25, 0.3) is 0 Å². The molecule has 1 heteroatoms. The third-order valence-electron chi connectivity index (χ3n) is 8.43. The third-order valence-corrected chi connectivity index (χ3v) is 8.43. The van der Waals surface area contributed by atoms with E-state index in [-0.39, 0.29) is 5.92 Å². The van der Waals surface area contributed by atoms with Crippen LogP contribution in [0.1, 0.15) is 50.8 Å². The molecule has 0 fully saturated rings. The molecule has 0 amide bonds. The van der Waals surface area contributed by atoms with Crippen LogP contribution in [0, 0.1) is 12.8 Å². The van der Waals surface area contributed by atoms with Crippen molar-refractivity contribution in [3.8, 4) is 11.3 Å². The Hall–Kier alpha value is -4.23. The second kappa shape index (κ2) is 11.5. The van der Waals surface area contributed by atoms with E-state index in [1.54, 1.807) is 5.57 Å². The average molecular weight is 520 g/mol. The lowest BCUT2D eigenvalue weighted by atomic mass is 9.84. The first kappa shape index (κ1) is 26.0. The highest BCUT2D eigenvalue weighted by Gasteiger charge is 2.17. The summed E-state index contributed by atoms with van der Waals surface area (Å²) in [6, 6.07) is 33.3. The number of benzene rings is 3. The van der Waals surface area contributed by atoms with Crippen molar-refractivity contribution in [3.63, 3.8) is 0 Å². The minimum atomic E-state index is 0.245. The summed E-state index contributed by atoms with van der Waals surface area (Å²) in [6.07, 6.45) is 13.4. The van der Waals surface area contributed by atoms with Gasteiger partial charge < -0.3 is 0 Å². The van der Waals surface area contributed by atoms with Crippen molar-refractivity contribution in [2.45, 2.75) is 46.5 Å². The van der Waals surface area contributed by atoms with Crippen molar-refractivity contribution in [1.29, 1.82) is 0 Å². The molecule has 2 aliphatic rings. The van der Waals surface area contributed by atoms with Gasteiger partial charge in [0, 0.05) is 17.2 Å². The van der Waals surface area contributed by atoms with Crippen LogP contribution in [0.2, 0.25) is 0 Å². The Morgan fingerprint density at radius 1 is 0.700 bits per heavy atom. The summed E-state index contributed by atoms with van der Waals surface area (Å²) in [6.45, 7) is 6.67. The van der Waals surface area contributed by atoms with Crippen LogP contribution in [-0.2, 0) is 0 Å². The fraction of sp³-hybridized carbons (Fsp3) is 0.205. The summed E-state index contributed by atoms with van der Waals surface area (Å²) >= 11 is 0. The summed E-state index contributed by atoms with van der Waals surface area (Å²) in [7, 11) is 0. The first-order chi connectivity index (χ1) is 19.6. The van der Waals surface area contributed by atoms with Gasteiger partial charge in [-0.1, -0.05) is 117 Å². The smallest absolute Gasteiger partial charge is 0.0705 e. The molecule has 0 N–H and O–H groups in total. The summed E-state index contributed by atoms with van der Waals surface area (Å²) in [5, 5.41) is 5.54. The number of allylic oxidation sites excluding steroid dienone is 4. The first-order valence-corrected chi connectivity index (χ1v) is 14.6. The maximum Gasteiger partial charge on any atom is 0.0705 e. The van der Waals surface area contributed by atoms with E-state index < -0.39 is 0 Å². The zero-order valence-corrected chi connectivity index (χ0v) is 23.8. The molecule has 0 aliphatic heterocycles. The highest BCUT2D eigenvalue weighted by atomic mass is 14.7. The lowest BCUT2D eigenvalue weighted by molar-refractivity contribution is 0.953. The van der Waals surface area contributed by atoms with Crippen LogP contribution in [0.5, 0.6) is 0 Å². The molecule has 2 aliphatic carbocycles. The number of nitrogens with zero attached hydrogens (tertiary/aromatic N) is 1. The molecule has 0 bridgehead atoms. The van der Waals surface area contributed by atoms with Gasteiger partial charge in [0.05, 0.1) is 5.69 Å². The van der Waals surface area contributed by atoms with Gasteiger partial charge in [-0.25, -0.2) is 0 Å². The van der Waals surface area contributed by atoms with Crippen molar-refractivity contribution in [2.75, 3.05) is 0 Å². The van der Waals surface area contributed by atoms with Crippen LogP contribution in [0.25, 0.3) is 33.5 Å². The molecule has 0 spiro atoms. The van der Waals surface area contributed by atoms with E-state index >= 15 is 0 Å². The van der Waals surface area contributed by atoms with Crippen molar-refractivity contribution in [1.82, 2.24) is 4.98 Å². The van der Waals surface area contributed by atoms with Crippen molar-refractivity contribution in [2.24, 2.45) is 5.92 Å². The topological polar surface area (TPSA) is 12.9 Å². The summed E-state index contributed by atoms with van der Waals surface area (Å²) in [5.74, 6) is 0.245. The van der Waals surface area contributed by atoms with E-state index in [2.05, 4.69) is 136 Å². The van der Waals surface area contributed by atoms with Gasteiger partial charge in [0.2, 0.25) is 0 Å². The van der Waals surface area contributed by atoms with Crippen molar-refractivity contribution >= 4 is 22.3 Å². The highest BCUT2D eigenvalue weighted by Crippen LogP contribution is 2.29. The van der Waals surface area contributed by atoms with Crippen LogP contribution in [0.4, 0.5) is 0 Å². The second-order valence-electron chi connectivity index (χ2n) is 11.0. The number of aromatic nitrogens is 1. The average Bonchev–Trinajstić information content (AvgIpc) is 2.99. The quantitative estimate of drug-likeness (QED) is 0.290. The fourth-order valence-electron chi connectivity index (χ4n) is 6.46. The minimum absolute atomic E-state index is 0.245. The van der Waals surface area contributed by atoms with Gasteiger partial charge in [-0.15, -0.1) is 0 Å². The lowest BCUT2D eigenvalue weighted by Crippen LogP contribution is -2.36. The molecule has 1 aromatic heterocycles. The maximum atomic E-state index is 4.82. The normalized spacial score (nSPS) is 21.3. The zero-order valence-electron chi connectivity index (χ0n) is 23.8. The molecular weight excluding hydrogens is 482 g/mol. The van der Waals surface area contributed by atoms with Gasteiger partial charge in [0.1, 0.15) is 0 Å². The molecule has 1 unspecified atom stereocenters. The molecule has 1 atom stereocenters. The van der Waals surface area contributed by atoms with E-state index in [4.69, 9.17) is 4.98 Å². The molecule has 40 heavy (non-hydrogen) atoms. The van der Waals surface area contributed by atoms with Gasteiger partial charge in [-0.05, 0) is 94.0 Å². The molecule has 198 valence electrons. The van der Waals surface area contributed by atoms with E-state index in [9.17, 15) is 0 Å². The standard InChI is InChI=1S/C39H37N/c1-4-29-24-25-36(33-20-9-8-18-32(29)33)34-19-7-5-6-14-27(2)39(37-22-11-10-21-35(34)37)31-17-13-16-30(26-31)38-23-12-15-28(3)40-38/h5-18,20-23,26-27H,4,19,24-25H2,1-3H3/b7-5-,14-6-,35-34+,39-37+. The van der Waals surface area contributed by atoms with Crippen LogP contribution in [-0.4, -0.2) is 4.98 Å². The van der Waals surface area contributed by atoms with Crippen molar-refractivity contribution < 1.29 is 0 Å². The lowest BCUT2D eigenvalue weighted by Gasteiger charge is -2.20. The van der Waals surface area contributed by atoms with Crippen LogP contribution in [0.3, 0.4) is 0 Å². The monoisotopic (exact) mass is 519 g/mol. The molecular formula is C39H37N. The molecule has 0 saturated carbocycles. The third kappa shape index (κ3) is 5.05. The Morgan fingerprint density at radius 3 is 2.17 bits per heavy atom. The number of hydrogen-bond acceptors (Lipinski definition) is 1. The Kier molecular flexibility index (Phi) is 7.47. The SMILES string of the molecule is CCC1=c2ccccc2=C(/C2=c3\cccc\c3=C(/c3cccc(-c4cccc(C)n4)c3)C(C)/C=C\C=C/C2)CC1. The van der Waals surface area contributed by atoms with Crippen LogP contribution in [0.15, 0.2) is 115 Å². The van der Waals surface area contributed by atoms with E-state index in [1.807, 2.05) is 0 Å². The number of aryl methyl sites for hydroxylation is 1. The Balaban J connectivity index is 1.71. The molecule has 6 rings (SSSR count). The second-order valence-corrected chi connectivity index (χ2v) is 11.0. The van der Waals surface area contributed by atoms with Gasteiger partial charge >= 0.3 is 0 Å². The van der Waals surface area contributed by atoms with Crippen LogP contribution >= 0.6 is 0 Å². The summed E-state index contributed by atoms with van der Waals surface area (Å²) in [5.41, 5.74) is 10.4. The van der Waals surface area contributed by atoms with Crippen molar-refractivity contribution in [3.05, 3.63) is 147 Å². The molecule has 4 aromatic rings. The number of hydrogen-bond donors (Lipinski definition) is 0. The fourth-order valence-corrected chi connectivity index (χ4v) is 6.46. The number of rotatable bonds is 4. The number of fused-ring (bicyclic) bond motifs is 2. The minimum Gasteiger partial charge on any atom is -0.253 e. The molecule has 1 nitrogen and oxygen atoms in total. The van der Waals surface area contributed by atoms with E-state index in [1.165, 1.54) is 43.2 Å². The largest absolute Gasteiger partial charge is 0.253 e. The van der Waals surface area contributed by atoms with Crippen LogP contribution < -0.4 is 20.9 Å². The summed E-state index contributed by atoms with van der Waals surface area (Å²) < 4.78 is 0. The van der Waals surface area contributed by atoms with Gasteiger partial charge in [-0.2, -0.15) is 0 Å². The zero-order chi connectivity index (χ0) is 27.5. The molecule has 1 heterocycles.